The molecule has 1 N–H and O–H groups in total. The van der Waals surface area contributed by atoms with E-state index in [1.165, 1.54) is 0 Å². The van der Waals surface area contributed by atoms with Crippen molar-refractivity contribution in [2.24, 2.45) is 0 Å². The minimum Gasteiger partial charge on any atom is -0.505 e. The molecule has 1 heterocycles. The van der Waals surface area contributed by atoms with Crippen molar-refractivity contribution in [1.29, 1.82) is 5.26 Å². The van der Waals surface area contributed by atoms with Crippen LogP contribution in [0.5, 0.6) is 5.75 Å². The maximum Gasteiger partial charge on any atom is 0.284 e. The molecule has 74 valence electrons. The summed E-state index contributed by atoms with van der Waals surface area (Å²) in [6, 6.07) is 1.83. The molecule has 0 aromatic carbocycles. The summed E-state index contributed by atoms with van der Waals surface area (Å²) in [6.45, 7) is 0. The second-order valence-electron chi connectivity index (χ2n) is 2.47. The van der Waals surface area contributed by atoms with Crippen LogP contribution in [0, 0.1) is 11.3 Å². The fraction of sp³-hybridized carbons (Fsp3) is 0.250. The normalized spacial score (nSPS) is 10.2. The van der Waals surface area contributed by atoms with Gasteiger partial charge in [0.25, 0.3) is 6.43 Å². The lowest BCUT2D eigenvalue weighted by Crippen LogP contribution is -1.95. The predicted octanol–water partition coefficient (Wildman–Crippen LogP) is 2.55. The van der Waals surface area contributed by atoms with Crippen molar-refractivity contribution in [3.8, 4) is 11.8 Å². The Labute approximate surface area is 87.1 Å². The van der Waals surface area contributed by atoms with E-state index in [9.17, 15) is 13.9 Å². The average molecular weight is 263 g/mol. The van der Waals surface area contributed by atoms with Crippen molar-refractivity contribution in [1.82, 2.24) is 4.98 Å². The minimum atomic E-state index is -2.83. The van der Waals surface area contributed by atoms with E-state index >= 15 is 0 Å². The molecule has 0 aliphatic heterocycles. The van der Waals surface area contributed by atoms with Crippen LogP contribution in [0.2, 0.25) is 0 Å². The molecule has 0 unspecified atom stereocenters. The average Bonchev–Trinajstić information content (AvgIpc) is 2.13. The molecule has 1 aromatic heterocycles. The lowest BCUT2D eigenvalue weighted by molar-refractivity contribution is 0.141. The molecule has 0 saturated carbocycles. The van der Waals surface area contributed by atoms with Crippen molar-refractivity contribution in [3.63, 3.8) is 0 Å². The summed E-state index contributed by atoms with van der Waals surface area (Å²) in [5, 5.41) is 17.7. The molecular weight excluding hydrogens is 258 g/mol. The van der Waals surface area contributed by atoms with Crippen molar-refractivity contribution in [2.45, 2.75) is 12.8 Å². The first-order valence-corrected chi connectivity index (χ1v) is 4.38. The Kier molecular flexibility index (Phi) is 3.36. The van der Waals surface area contributed by atoms with Gasteiger partial charge in [-0.2, -0.15) is 5.26 Å². The quantitative estimate of drug-likeness (QED) is 0.891. The molecule has 0 aliphatic rings. The summed E-state index contributed by atoms with van der Waals surface area (Å²) >= 11 is 2.93. The summed E-state index contributed by atoms with van der Waals surface area (Å²) in [5.74, 6) is -0.604. The molecule has 0 bridgehead atoms. The fourth-order valence-corrected chi connectivity index (χ4v) is 1.34. The van der Waals surface area contributed by atoms with E-state index in [1.54, 1.807) is 0 Å². The predicted molar refractivity (Wildman–Crippen MR) is 47.9 cm³/mol. The fourth-order valence-electron chi connectivity index (χ4n) is 0.898. The van der Waals surface area contributed by atoms with Crippen LogP contribution in [-0.2, 0) is 6.42 Å². The highest BCUT2D eigenvalue weighted by molar-refractivity contribution is 9.10. The standard InChI is InChI=1S/C8H5BrF2N2O/c9-5-4(1-2-12)3-13-6(7(5)14)8(10)11/h3,8,14H,1H2. The number of pyridine rings is 1. The number of hydrogen-bond donors (Lipinski definition) is 1. The van der Waals surface area contributed by atoms with Gasteiger partial charge in [-0.15, -0.1) is 0 Å². The zero-order valence-corrected chi connectivity index (χ0v) is 8.42. The molecule has 0 saturated heterocycles. The lowest BCUT2D eigenvalue weighted by Gasteiger charge is -2.06. The molecule has 0 spiro atoms. The van der Waals surface area contributed by atoms with Crippen LogP contribution in [0.4, 0.5) is 8.78 Å². The monoisotopic (exact) mass is 262 g/mol. The first-order valence-electron chi connectivity index (χ1n) is 3.59. The maximum absolute atomic E-state index is 12.2. The number of nitrogens with zero attached hydrogens (tertiary/aromatic N) is 2. The molecule has 0 radical (unpaired) electrons. The Balaban J connectivity index is 3.20. The van der Waals surface area contributed by atoms with Crippen LogP contribution in [0.25, 0.3) is 0 Å². The number of aromatic nitrogens is 1. The van der Waals surface area contributed by atoms with Gasteiger partial charge in [-0.05, 0) is 15.9 Å². The molecule has 3 nitrogen and oxygen atoms in total. The number of halogens is 3. The number of alkyl halides is 2. The highest BCUT2D eigenvalue weighted by Crippen LogP contribution is 2.34. The van der Waals surface area contributed by atoms with Crippen LogP contribution >= 0.6 is 15.9 Å². The highest BCUT2D eigenvalue weighted by atomic mass is 79.9. The van der Waals surface area contributed by atoms with Crippen LogP contribution in [0.15, 0.2) is 10.7 Å². The first kappa shape index (κ1) is 10.9. The van der Waals surface area contributed by atoms with Crippen LogP contribution in [0.1, 0.15) is 17.7 Å². The van der Waals surface area contributed by atoms with Crippen molar-refractivity contribution >= 4 is 15.9 Å². The molecular formula is C8H5BrF2N2O. The van der Waals surface area contributed by atoms with Crippen molar-refractivity contribution < 1.29 is 13.9 Å². The van der Waals surface area contributed by atoms with E-state index in [2.05, 4.69) is 20.9 Å². The molecule has 1 rings (SSSR count). The van der Waals surface area contributed by atoms with E-state index in [-0.39, 0.29) is 10.9 Å². The van der Waals surface area contributed by atoms with Gasteiger partial charge in [-0.3, -0.25) is 4.98 Å². The highest BCUT2D eigenvalue weighted by Gasteiger charge is 2.18. The SMILES string of the molecule is N#CCc1cnc(C(F)F)c(O)c1Br. The Bertz CT molecular complexity index is 390. The number of nitriles is 1. The Hall–Kier alpha value is -1.22. The summed E-state index contributed by atoms with van der Waals surface area (Å²) in [7, 11) is 0. The summed E-state index contributed by atoms with van der Waals surface area (Å²) in [6.07, 6.45) is -1.68. The number of hydrogen-bond acceptors (Lipinski definition) is 3. The van der Waals surface area contributed by atoms with Gasteiger partial charge >= 0.3 is 0 Å². The van der Waals surface area contributed by atoms with E-state index in [4.69, 9.17) is 5.26 Å². The summed E-state index contributed by atoms with van der Waals surface area (Å²) in [4.78, 5) is 3.38. The number of rotatable bonds is 2. The molecule has 14 heavy (non-hydrogen) atoms. The zero-order valence-electron chi connectivity index (χ0n) is 6.84. The van der Waals surface area contributed by atoms with Gasteiger partial charge in [-0.25, -0.2) is 8.78 Å². The third kappa shape index (κ3) is 1.99. The Morgan fingerprint density at radius 2 is 2.29 bits per heavy atom. The second-order valence-corrected chi connectivity index (χ2v) is 3.26. The van der Waals surface area contributed by atoms with E-state index in [0.717, 1.165) is 6.20 Å². The molecule has 0 atom stereocenters. The largest absolute Gasteiger partial charge is 0.505 e. The van der Waals surface area contributed by atoms with Gasteiger partial charge in [-0.1, -0.05) is 0 Å². The molecule has 0 aliphatic carbocycles. The van der Waals surface area contributed by atoms with Gasteiger partial charge in [0.2, 0.25) is 0 Å². The number of aromatic hydroxyl groups is 1. The van der Waals surface area contributed by atoms with E-state index in [1.807, 2.05) is 6.07 Å². The van der Waals surface area contributed by atoms with Gasteiger partial charge in [0.05, 0.1) is 17.0 Å². The minimum absolute atomic E-state index is 0.00462. The third-order valence-corrected chi connectivity index (χ3v) is 2.45. The van der Waals surface area contributed by atoms with Crippen molar-refractivity contribution in [3.05, 3.63) is 21.9 Å². The van der Waals surface area contributed by atoms with Crippen LogP contribution in [0.3, 0.4) is 0 Å². The third-order valence-electron chi connectivity index (χ3n) is 1.57. The van der Waals surface area contributed by atoms with Crippen molar-refractivity contribution in [2.75, 3.05) is 0 Å². The smallest absolute Gasteiger partial charge is 0.284 e. The first-order chi connectivity index (χ1) is 6.57. The summed E-state index contributed by atoms with van der Waals surface area (Å²) in [5.41, 5.74) is -0.298. The molecule has 0 fully saturated rings. The Morgan fingerprint density at radius 1 is 1.64 bits per heavy atom. The molecule has 0 amide bonds. The Morgan fingerprint density at radius 3 is 2.79 bits per heavy atom. The van der Waals surface area contributed by atoms with E-state index < -0.39 is 17.9 Å². The van der Waals surface area contributed by atoms with Gasteiger partial charge in [0, 0.05) is 11.8 Å². The zero-order chi connectivity index (χ0) is 10.7. The van der Waals surface area contributed by atoms with Gasteiger partial charge < -0.3 is 5.11 Å². The topological polar surface area (TPSA) is 56.9 Å². The van der Waals surface area contributed by atoms with E-state index in [0.29, 0.717) is 5.56 Å². The molecule has 6 heteroatoms. The van der Waals surface area contributed by atoms with Gasteiger partial charge in [0.15, 0.2) is 5.75 Å². The van der Waals surface area contributed by atoms with Crippen LogP contribution in [-0.4, -0.2) is 10.1 Å². The van der Waals surface area contributed by atoms with Gasteiger partial charge in [0.1, 0.15) is 5.69 Å². The molecule has 1 aromatic rings. The maximum atomic E-state index is 12.2. The van der Waals surface area contributed by atoms with Crippen LogP contribution < -0.4 is 0 Å². The summed E-state index contributed by atoms with van der Waals surface area (Å²) < 4.78 is 24.5. The second kappa shape index (κ2) is 4.33. The lowest BCUT2D eigenvalue weighted by atomic mass is 10.2.